The number of rotatable bonds is 2. The van der Waals surface area contributed by atoms with Crippen LogP contribution in [0.2, 0.25) is 10.0 Å². The lowest BCUT2D eigenvalue weighted by molar-refractivity contribution is 0.207. The Kier molecular flexibility index (Phi) is 4.50. The van der Waals surface area contributed by atoms with Crippen molar-refractivity contribution in [2.24, 2.45) is 0 Å². The molecule has 114 valence electrons. The SMILES string of the molecule is O=C(Nc1ccc(Cl)cc1Cl)N1CCCC1c1ccncc1. The minimum Gasteiger partial charge on any atom is -0.317 e. The van der Waals surface area contributed by atoms with E-state index in [4.69, 9.17) is 23.2 Å². The first-order valence-corrected chi connectivity index (χ1v) is 7.83. The molecule has 2 aromatic rings. The van der Waals surface area contributed by atoms with Gasteiger partial charge in [-0.1, -0.05) is 23.2 Å². The molecule has 6 heteroatoms. The van der Waals surface area contributed by atoms with Crippen LogP contribution in [0.1, 0.15) is 24.4 Å². The first-order chi connectivity index (χ1) is 10.6. The van der Waals surface area contributed by atoms with E-state index in [9.17, 15) is 4.79 Å². The molecule has 1 aromatic heterocycles. The molecule has 2 amide bonds. The van der Waals surface area contributed by atoms with E-state index in [2.05, 4.69) is 10.3 Å². The Morgan fingerprint density at radius 1 is 1.23 bits per heavy atom. The van der Waals surface area contributed by atoms with Crippen LogP contribution in [-0.2, 0) is 0 Å². The maximum absolute atomic E-state index is 12.5. The van der Waals surface area contributed by atoms with Gasteiger partial charge in [0.1, 0.15) is 0 Å². The van der Waals surface area contributed by atoms with Gasteiger partial charge in [0.25, 0.3) is 0 Å². The van der Waals surface area contributed by atoms with Gasteiger partial charge in [-0.25, -0.2) is 4.79 Å². The smallest absolute Gasteiger partial charge is 0.317 e. The summed E-state index contributed by atoms with van der Waals surface area (Å²) < 4.78 is 0. The molecule has 22 heavy (non-hydrogen) atoms. The van der Waals surface area contributed by atoms with Crippen LogP contribution in [0.5, 0.6) is 0 Å². The molecule has 1 unspecified atom stereocenters. The molecule has 1 N–H and O–H groups in total. The van der Waals surface area contributed by atoms with E-state index in [0.29, 0.717) is 15.7 Å². The molecule has 1 aromatic carbocycles. The predicted octanol–water partition coefficient (Wildman–Crippen LogP) is 4.76. The number of nitrogens with one attached hydrogen (secondary N) is 1. The second-order valence-electron chi connectivity index (χ2n) is 5.19. The van der Waals surface area contributed by atoms with Gasteiger partial charge in [-0.3, -0.25) is 4.98 Å². The first kappa shape index (κ1) is 15.1. The number of hydrogen-bond acceptors (Lipinski definition) is 2. The number of carbonyl (C=O) groups excluding carboxylic acids is 1. The molecule has 1 saturated heterocycles. The Morgan fingerprint density at radius 2 is 2.00 bits per heavy atom. The normalized spacial score (nSPS) is 17.5. The highest BCUT2D eigenvalue weighted by atomic mass is 35.5. The zero-order valence-electron chi connectivity index (χ0n) is 11.8. The van der Waals surface area contributed by atoms with Crippen molar-refractivity contribution >= 4 is 34.9 Å². The molecule has 0 bridgehead atoms. The van der Waals surface area contributed by atoms with Gasteiger partial charge in [0.2, 0.25) is 0 Å². The summed E-state index contributed by atoms with van der Waals surface area (Å²) in [7, 11) is 0. The van der Waals surface area contributed by atoms with Crippen LogP contribution >= 0.6 is 23.2 Å². The third kappa shape index (κ3) is 3.18. The average molecular weight is 336 g/mol. The number of aromatic nitrogens is 1. The van der Waals surface area contributed by atoms with Gasteiger partial charge in [0.15, 0.2) is 0 Å². The van der Waals surface area contributed by atoms with Crippen molar-refractivity contribution in [2.45, 2.75) is 18.9 Å². The summed E-state index contributed by atoms with van der Waals surface area (Å²) in [5.74, 6) is 0. The average Bonchev–Trinajstić information content (AvgIpc) is 3.00. The van der Waals surface area contributed by atoms with Gasteiger partial charge in [-0.15, -0.1) is 0 Å². The number of carbonyl (C=O) groups is 1. The fraction of sp³-hybridized carbons (Fsp3) is 0.250. The summed E-state index contributed by atoms with van der Waals surface area (Å²) >= 11 is 12.0. The zero-order valence-corrected chi connectivity index (χ0v) is 13.3. The van der Waals surface area contributed by atoms with Crippen molar-refractivity contribution in [1.82, 2.24) is 9.88 Å². The third-order valence-corrected chi connectivity index (χ3v) is 4.33. The monoisotopic (exact) mass is 335 g/mol. The predicted molar refractivity (Wildman–Crippen MR) is 88.4 cm³/mol. The number of urea groups is 1. The lowest BCUT2D eigenvalue weighted by Crippen LogP contribution is -2.34. The molecule has 0 aliphatic carbocycles. The Morgan fingerprint density at radius 3 is 2.73 bits per heavy atom. The Bertz CT molecular complexity index is 678. The molecule has 0 radical (unpaired) electrons. The van der Waals surface area contributed by atoms with Crippen molar-refractivity contribution in [2.75, 3.05) is 11.9 Å². The molecule has 1 atom stereocenters. The summed E-state index contributed by atoms with van der Waals surface area (Å²) in [4.78, 5) is 18.4. The topological polar surface area (TPSA) is 45.2 Å². The Hall–Kier alpha value is -1.78. The van der Waals surface area contributed by atoms with Gasteiger partial charge in [-0.05, 0) is 48.7 Å². The lowest BCUT2D eigenvalue weighted by atomic mass is 10.1. The van der Waals surface area contributed by atoms with Crippen molar-refractivity contribution in [3.63, 3.8) is 0 Å². The van der Waals surface area contributed by atoms with Crippen LogP contribution in [0, 0.1) is 0 Å². The number of likely N-dealkylation sites (tertiary alicyclic amines) is 1. The van der Waals surface area contributed by atoms with Gasteiger partial charge >= 0.3 is 6.03 Å². The van der Waals surface area contributed by atoms with Crippen LogP contribution in [-0.4, -0.2) is 22.5 Å². The van der Waals surface area contributed by atoms with Gasteiger partial charge in [-0.2, -0.15) is 0 Å². The molecule has 1 fully saturated rings. The van der Waals surface area contributed by atoms with Gasteiger partial charge in [0, 0.05) is 24.0 Å². The Labute approximate surface area is 139 Å². The van der Waals surface area contributed by atoms with E-state index in [1.807, 2.05) is 17.0 Å². The van der Waals surface area contributed by atoms with E-state index in [1.165, 1.54) is 0 Å². The largest absolute Gasteiger partial charge is 0.322 e. The first-order valence-electron chi connectivity index (χ1n) is 7.08. The number of anilines is 1. The molecule has 0 saturated carbocycles. The van der Waals surface area contributed by atoms with Crippen LogP contribution in [0.15, 0.2) is 42.7 Å². The van der Waals surface area contributed by atoms with Crippen molar-refractivity contribution in [3.8, 4) is 0 Å². The molecular formula is C16H15Cl2N3O. The second kappa shape index (κ2) is 6.55. The van der Waals surface area contributed by atoms with Crippen LogP contribution in [0.25, 0.3) is 0 Å². The number of pyridine rings is 1. The number of hydrogen-bond donors (Lipinski definition) is 1. The molecular weight excluding hydrogens is 321 g/mol. The third-order valence-electron chi connectivity index (χ3n) is 3.78. The van der Waals surface area contributed by atoms with E-state index in [-0.39, 0.29) is 12.1 Å². The summed E-state index contributed by atoms with van der Waals surface area (Å²) in [6, 6.07) is 8.85. The highest BCUT2D eigenvalue weighted by molar-refractivity contribution is 6.36. The second-order valence-corrected chi connectivity index (χ2v) is 6.03. The summed E-state index contributed by atoms with van der Waals surface area (Å²) in [6.45, 7) is 0.726. The van der Waals surface area contributed by atoms with Crippen molar-refractivity contribution < 1.29 is 4.79 Å². The van der Waals surface area contributed by atoms with Crippen LogP contribution < -0.4 is 5.32 Å². The lowest BCUT2D eigenvalue weighted by Gasteiger charge is -2.25. The van der Waals surface area contributed by atoms with Crippen molar-refractivity contribution in [3.05, 3.63) is 58.3 Å². The molecule has 3 rings (SSSR count). The summed E-state index contributed by atoms with van der Waals surface area (Å²) in [6.07, 6.45) is 5.43. The molecule has 1 aliphatic rings. The standard InChI is InChI=1S/C16H15Cl2N3O/c17-12-3-4-14(13(18)10-12)20-16(22)21-9-1-2-15(21)11-5-7-19-8-6-11/h3-8,10,15H,1-2,9H2,(H,20,22). The molecule has 0 spiro atoms. The molecule has 1 aliphatic heterocycles. The number of nitrogens with zero attached hydrogens (tertiary/aromatic N) is 2. The molecule has 2 heterocycles. The number of benzene rings is 1. The van der Waals surface area contributed by atoms with Crippen LogP contribution in [0.4, 0.5) is 10.5 Å². The fourth-order valence-corrected chi connectivity index (χ4v) is 3.18. The Balaban J connectivity index is 1.76. The molecule has 4 nitrogen and oxygen atoms in total. The summed E-state index contributed by atoms with van der Waals surface area (Å²) in [5, 5.41) is 3.83. The summed E-state index contributed by atoms with van der Waals surface area (Å²) in [5.41, 5.74) is 1.67. The minimum absolute atomic E-state index is 0.0778. The van der Waals surface area contributed by atoms with E-state index >= 15 is 0 Å². The highest BCUT2D eigenvalue weighted by Gasteiger charge is 2.30. The van der Waals surface area contributed by atoms with Crippen LogP contribution in [0.3, 0.4) is 0 Å². The van der Waals surface area contributed by atoms with E-state index < -0.39 is 0 Å². The maximum atomic E-state index is 12.5. The quantitative estimate of drug-likeness (QED) is 0.860. The number of amides is 2. The van der Waals surface area contributed by atoms with Crippen molar-refractivity contribution in [1.29, 1.82) is 0 Å². The van der Waals surface area contributed by atoms with Gasteiger partial charge < -0.3 is 10.2 Å². The highest BCUT2D eigenvalue weighted by Crippen LogP contribution is 2.33. The fourth-order valence-electron chi connectivity index (χ4n) is 2.72. The van der Waals surface area contributed by atoms with E-state index in [1.54, 1.807) is 30.6 Å². The zero-order chi connectivity index (χ0) is 15.5. The van der Waals surface area contributed by atoms with Gasteiger partial charge in [0.05, 0.1) is 16.8 Å². The minimum atomic E-state index is -0.150. The maximum Gasteiger partial charge on any atom is 0.322 e. The van der Waals surface area contributed by atoms with E-state index in [0.717, 1.165) is 24.9 Å². The number of halogens is 2.